The summed E-state index contributed by atoms with van der Waals surface area (Å²) >= 11 is 1.54. The van der Waals surface area contributed by atoms with Crippen molar-refractivity contribution >= 4 is 27.3 Å². The molecular weight excluding hydrogens is 334 g/mol. The first-order valence-electron chi connectivity index (χ1n) is 7.18. The number of thiophene rings is 1. The maximum Gasteiger partial charge on any atom is 0.328 e. The van der Waals surface area contributed by atoms with E-state index in [1.54, 1.807) is 30.3 Å². The van der Waals surface area contributed by atoms with Crippen LogP contribution in [0.15, 0.2) is 40.6 Å². The summed E-state index contributed by atoms with van der Waals surface area (Å²) in [6, 6.07) is 7.53. The largest absolute Gasteiger partial charge is 0.468 e. The molecular formula is C16H17NO4S2. The fraction of sp³-hybridized carbons (Fsp3) is 0.312. The van der Waals surface area contributed by atoms with Crippen LogP contribution in [-0.2, 0) is 26.0 Å². The lowest BCUT2D eigenvalue weighted by molar-refractivity contribution is -0.145. The number of benzene rings is 1. The van der Waals surface area contributed by atoms with Gasteiger partial charge in [0.15, 0.2) is 0 Å². The number of hydrogen-bond acceptors (Lipinski definition) is 5. The number of carbonyl (C=O) groups excluding carboxylic acids is 1. The molecule has 1 aromatic heterocycles. The number of ether oxygens (including phenoxy) is 1. The van der Waals surface area contributed by atoms with Crippen molar-refractivity contribution in [3.8, 4) is 0 Å². The second kappa shape index (κ2) is 6.07. The molecule has 0 saturated carbocycles. The standard InChI is InChI=1S/C16H17NO4S2/c1-11-3-5-12(6-4-11)23(19,20)17-9-7-14-13(8-10-22-14)15(17)16(18)21-2/h3-6,8,10,15H,7,9H2,1-2H3. The van der Waals surface area contributed by atoms with Crippen LogP contribution < -0.4 is 0 Å². The minimum atomic E-state index is -3.77. The number of aryl methyl sites for hydroxylation is 1. The van der Waals surface area contributed by atoms with Gasteiger partial charge in [-0.3, -0.25) is 0 Å². The molecule has 0 N–H and O–H groups in total. The molecule has 1 atom stereocenters. The number of sulfonamides is 1. The Hall–Kier alpha value is -1.70. The fourth-order valence-electron chi connectivity index (χ4n) is 2.75. The lowest BCUT2D eigenvalue weighted by atomic mass is 10.0. The highest BCUT2D eigenvalue weighted by Gasteiger charge is 2.41. The van der Waals surface area contributed by atoms with E-state index in [9.17, 15) is 13.2 Å². The van der Waals surface area contributed by atoms with Crippen LogP contribution in [0, 0.1) is 6.92 Å². The van der Waals surface area contributed by atoms with Crippen molar-refractivity contribution < 1.29 is 17.9 Å². The molecule has 1 aliphatic heterocycles. The summed E-state index contributed by atoms with van der Waals surface area (Å²) in [7, 11) is -2.49. The summed E-state index contributed by atoms with van der Waals surface area (Å²) in [6.45, 7) is 2.16. The Labute approximate surface area is 139 Å². The van der Waals surface area contributed by atoms with Crippen molar-refractivity contribution in [2.24, 2.45) is 0 Å². The van der Waals surface area contributed by atoms with Gasteiger partial charge in [0.2, 0.25) is 10.0 Å². The Balaban J connectivity index is 2.07. The van der Waals surface area contributed by atoms with E-state index in [-0.39, 0.29) is 11.4 Å². The molecule has 3 rings (SSSR count). The number of carbonyl (C=O) groups is 1. The van der Waals surface area contributed by atoms with Gasteiger partial charge in [0.1, 0.15) is 6.04 Å². The summed E-state index contributed by atoms with van der Waals surface area (Å²) in [4.78, 5) is 13.5. The van der Waals surface area contributed by atoms with Gasteiger partial charge in [-0.05, 0) is 42.5 Å². The molecule has 0 aliphatic carbocycles. The Bertz CT molecular complexity index is 824. The van der Waals surface area contributed by atoms with E-state index in [0.717, 1.165) is 16.0 Å². The van der Waals surface area contributed by atoms with Gasteiger partial charge < -0.3 is 4.74 Å². The van der Waals surface area contributed by atoms with Crippen molar-refractivity contribution in [2.75, 3.05) is 13.7 Å². The third kappa shape index (κ3) is 2.80. The highest BCUT2D eigenvalue weighted by Crippen LogP contribution is 2.37. The molecule has 5 nitrogen and oxygen atoms in total. The molecule has 0 saturated heterocycles. The van der Waals surface area contributed by atoms with Crippen LogP contribution in [0.2, 0.25) is 0 Å². The Morgan fingerprint density at radius 3 is 2.61 bits per heavy atom. The van der Waals surface area contributed by atoms with Crippen LogP contribution in [0.3, 0.4) is 0 Å². The van der Waals surface area contributed by atoms with Gasteiger partial charge in [-0.2, -0.15) is 4.31 Å². The molecule has 2 aromatic rings. The van der Waals surface area contributed by atoms with Crippen LogP contribution in [0.4, 0.5) is 0 Å². The number of rotatable bonds is 3. The molecule has 0 bridgehead atoms. The smallest absolute Gasteiger partial charge is 0.328 e. The van der Waals surface area contributed by atoms with Crippen molar-refractivity contribution in [1.82, 2.24) is 4.31 Å². The predicted molar refractivity (Wildman–Crippen MR) is 87.9 cm³/mol. The summed E-state index contributed by atoms with van der Waals surface area (Å²) in [5.41, 5.74) is 1.70. The van der Waals surface area contributed by atoms with E-state index >= 15 is 0 Å². The molecule has 0 radical (unpaired) electrons. The van der Waals surface area contributed by atoms with Gasteiger partial charge in [-0.15, -0.1) is 11.3 Å². The van der Waals surface area contributed by atoms with E-state index in [4.69, 9.17) is 4.74 Å². The highest BCUT2D eigenvalue weighted by atomic mass is 32.2. The van der Waals surface area contributed by atoms with E-state index in [2.05, 4.69) is 0 Å². The van der Waals surface area contributed by atoms with E-state index in [1.165, 1.54) is 22.8 Å². The Morgan fingerprint density at radius 1 is 1.26 bits per heavy atom. The summed E-state index contributed by atoms with van der Waals surface area (Å²) < 4.78 is 32.1. The zero-order valence-electron chi connectivity index (χ0n) is 12.9. The van der Waals surface area contributed by atoms with Gasteiger partial charge in [0, 0.05) is 11.4 Å². The molecule has 1 unspecified atom stereocenters. The van der Waals surface area contributed by atoms with Crippen LogP contribution >= 0.6 is 11.3 Å². The second-order valence-corrected chi connectivity index (χ2v) is 8.29. The number of hydrogen-bond donors (Lipinski definition) is 0. The average molecular weight is 351 g/mol. The predicted octanol–water partition coefficient (Wildman–Crippen LogP) is 2.52. The lowest BCUT2D eigenvalue weighted by Crippen LogP contribution is -2.43. The van der Waals surface area contributed by atoms with Gasteiger partial charge in [0.05, 0.1) is 12.0 Å². The Kier molecular flexibility index (Phi) is 4.27. The second-order valence-electron chi connectivity index (χ2n) is 5.40. The first kappa shape index (κ1) is 16.2. The molecule has 122 valence electrons. The Morgan fingerprint density at radius 2 is 1.96 bits per heavy atom. The van der Waals surface area contributed by atoms with Crippen molar-refractivity contribution in [3.05, 3.63) is 51.7 Å². The quantitative estimate of drug-likeness (QED) is 0.797. The molecule has 0 spiro atoms. The summed E-state index contributed by atoms with van der Waals surface area (Å²) in [5, 5.41) is 1.88. The maximum absolute atomic E-state index is 13.0. The van der Waals surface area contributed by atoms with Gasteiger partial charge in [-0.25, -0.2) is 13.2 Å². The first-order chi connectivity index (χ1) is 10.9. The van der Waals surface area contributed by atoms with Crippen molar-refractivity contribution in [1.29, 1.82) is 0 Å². The number of esters is 1. The maximum atomic E-state index is 13.0. The third-order valence-electron chi connectivity index (χ3n) is 3.97. The van der Waals surface area contributed by atoms with Crippen LogP contribution in [0.25, 0.3) is 0 Å². The van der Waals surface area contributed by atoms with Crippen molar-refractivity contribution in [3.63, 3.8) is 0 Å². The minimum absolute atomic E-state index is 0.190. The normalized spacial score (nSPS) is 18.4. The average Bonchev–Trinajstić information content (AvgIpc) is 3.02. The monoisotopic (exact) mass is 351 g/mol. The molecule has 0 amide bonds. The minimum Gasteiger partial charge on any atom is -0.468 e. The van der Waals surface area contributed by atoms with E-state index in [0.29, 0.717) is 6.42 Å². The number of fused-ring (bicyclic) bond motifs is 1. The van der Waals surface area contributed by atoms with Gasteiger partial charge >= 0.3 is 5.97 Å². The topological polar surface area (TPSA) is 63.7 Å². The van der Waals surface area contributed by atoms with Gasteiger partial charge in [0.25, 0.3) is 0 Å². The zero-order chi connectivity index (χ0) is 16.6. The van der Waals surface area contributed by atoms with Crippen LogP contribution in [-0.4, -0.2) is 32.3 Å². The molecule has 23 heavy (non-hydrogen) atoms. The van der Waals surface area contributed by atoms with Crippen LogP contribution in [0.1, 0.15) is 22.0 Å². The number of nitrogens with zero attached hydrogens (tertiary/aromatic N) is 1. The summed E-state index contributed by atoms with van der Waals surface area (Å²) in [5.74, 6) is -0.556. The lowest BCUT2D eigenvalue weighted by Gasteiger charge is -2.32. The van der Waals surface area contributed by atoms with E-state index in [1.807, 2.05) is 12.3 Å². The van der Waals surface area contributed by atoms with Crippen LogP contribution in [0.5, 0.6) is 0 Å². The molecule has 1 aliphatic rings. The molecule has 2 heterocycles. The zero-order valence-corrected chi connectivity index (χ0v) is 14.5. The SMILES string of the molecule is COC(=O)C1c2ccsc2CCN1S(=O)(=O)c1ccc(C)cc1. The third-order valence-corrected chi connectivity index (χ3v) is 6.85. The van der Waals surface area contributed by atoms with E-state index < -0.39 is 22.0 Å². The van der Waals surface area contributed by atoms with Gasteiger partial charge in [-0.1, -0.05) is 17.7 Å². The summed E-state index contributed by atoms with van der Waals surface area (Å²) in [6.07, 6.45) is 0.603. The fourth-order valence-corrected chi connectivity index (χ4v) is 5.22. The van der Waals surface area contributed by atoms with Crippen molar-refractivity contribution in [2.45, 2.75) is 24.3 Å². The highest BCUT2D eigenvalue weighted by molar-refractivity contribution is 7.89. The molecule has 7 heteroatoms. The molecule has 1 aromatic carbocycles. The first-order valence-corrected chi connectivity index (χ1v) is 9.49. The molecule has 0 fully saturated rings. The number of methoxy groups -OCH3 is 1.